The summed E-state index contributed by atoms with van der Waals surface area (Å²) in [5.74, 6) is 0.0610. The lowest BCUT2D eigenvalue weighted by molar-refractivity contribution is -0.138. The molecule has 3 N–H and O–H groups in total. The number of ether oxygens (including phenoxy) is 2. The number of methoxy groups -OCH3 is 1. The molecule has 0 radical (unpaired) electrons. The topological polar surface area (TPSA) is 136 Å². The maximum atomic E-state index is 13.8. The first-order chi connectivity index (χ1) is 19.9. The first kappa shape index (κ1) is 33.9. The Morgan fingerprint density at radius 2 is 1.72 bits per heavy atom. The molecule has 43 heavy (non-hydrogen) atoms. The van der Waals surface area contributed by atoms with Crippen molar-refractivity contribution in [2.24, 2.45) is 0 Å². The molecule has 0 aliphatic carbocycles. The van der Waals surface area contributed by atoms with Crippen LogP contribution in [0.1, 0.15) is 65.1 Å². The molecule has 4 rings (SSSR count). The van der Waals surface area contributed by atoms with E-state index in [1.165, 1.54) is 0 Å². The van der Waals surface area contributed by atoms with Crippen LogP contribution in [-0.4, -0.2) is 98.4 Å². The highest BCUT2D eigenvalue weighted by molar-refractivity contribution is 8.93. The van der Waals surface area contributed by atoms with Gasteiger partial charge in [0, 0.05) is 56.5 Å². The quantitative estimate of drug-likeness (QED) is 0.327. The predicted molar refractivity (Wildman–Crippen MR) is 171 cm³/mol. The van der Waals surface area contributed by atoms with Crippen molar-refractivity contribution in [2.45, 2.75) is 39.7 Å². The molecule has 11 nitrogen and oxygen atoms in total. The standard InChI is InChI=1S/C31H41N5O6.BrH/c1-7-42-26-14-20-16-36(29(32)21(20)15-22(26)30(40)33-5)17-25(37)19-12-23(31(2,3)4)28(41-6)24(13-19)35-10-8-34(9-11-35)18-27(38)39;/h12-15,32H,7-11,16-18H2,1-6H3,(H,33,40)(H,38,39);1H. The number of anilines is 1. The number of ketones is 1. The third-order valence-corrected chi connectivity index (χ3v) is 7.72. The van der Waals surface area contributed by atoms with Crippen LogP contribution in [-0.2, 0) is 16.8 Å². The molecule has 0 unspecified atom stereocenters. The van der Waals surface area contributed by atoms with Gasteiger partial charge in [0.1, 0.15) is 17.3 Å². The molecule has 12 heteroatoms. The first-order valence-corrected chi connectivity index (χ1v) is 14.2. The van der Waals surface area contributed by atoms with E-state index in [1.807, 2.05) is 24.0 Å². The van der Waals surface area contributed by atoms with Crippen LogP contribution in [0.2, 0.25) is 0 Å². The monoisotopic (exact) mass is 659 g/mol. The molecule has 2 aromatic carbocycles. The van der Waals surface area contributed by atoms with Crippen LogP contribution < -0.4 is 19.7 Å². The van der Waals surface area contributed by atoms with E-state index in [-0.39, 0.29) is 53.0 Å². The van der Waals surface area contributed by atoms with E-state index in [9.17, 15) is 19.5 Å². The summed E-state index contributed by atoms with van der Waals surface area (Å²) in [4.78, 5) is 43.2. The van der Waals surface area contributed by atoms with E-state index in [1.54, 1.807) is 31.2 Å². The van der Waals surface area contributed by atoms with Gasteiger partial charge in [-0.1, -0.05) is 20.8 Å². The van der Waals surface area contributed by atoms with Crippen molar-refractivity contribution < 1.29 is 29.0 Å². The van der Waals surface area contributed by atoms with Crippen LogP contribution in [0.5, 0.6) is 11.5 Å². The van der Waals surface area contributed by atoms with E-state index < -0.39 is 5.97 Å². The molecular formula is C31H42BrN5O6. The summed E-state index contributed by atoms with van der Waals surface area (Å²) in [7, 11) is 3.18. The van der Waals surface area contributed by atoms with Crippen molar-refractivity contribution in [3.05, 3.63) is 52.1 Å². The molecule has 0 saturated carbocycles. The van der Waals surface area contributed by atoms with Crippen molar-refractivity contribution in [1.29, 1.82) is 5.41 Å². The van der Waals surface area contributed by atoms with Crippen LogP contribution in [0.15, 0.2) is 24.3 Å². The number of rotatable bonds is 10. The predicted octanol–water partition coefficient (Wildman–Crippen LogP) is 3.56. The zero-order valence-corrected chi connectivity index (χ0v) is 27.4. The van der Waals surface area contributed by atoms with Gasteiger partial charge in [-0.15, -0.1) is 17.0 Å². The lowest BCUT2D eigenvalue weighted by Crippen LogP contribution is -2.48. The van der Waals surface area contributed by atoms with Gasteiger partial charge in [0.2, 0.25) is 0 Å². The third-order valence-electron chi connectivity index (χ3n) is 7.72. The fourth-order valence-corrected chi connectivity index (χ4v) is 5.53. The minimum atomic E-state index is -0.850. The number of carboxylic acids is 1. The Labute approximate surface area is 263 Å². The molecule has 1 saturated heterocycles. The highest BCUT2D eigenvalue weighted by atomic mass is 79.9. The van der Waals surface area contributed by atoms with Crippen LogP contribution in [0.25, 0.3) is 0 Å². The lowest BCUT2D eigenvalue weighted by atomic mass is 9.84. The number of nitrogens with one attached hydrogen (secondary N) is 2. The fourth-order valence-electron chi connectivity index (χ4n) is 5.53. The number of piperazine rings is 1. The second-order valence-electron chi connectivity index (χ2n) is 11.6. The summed E-state index contributed by atoms with van der Waals surface area (Å²) < 4.78 is 11.6. The minimum absolute atomic E-state index is 0. The van der Waals surface area contributed by atoms with Crippen molar-refractivity contribution in [3.8, 4) is 11.5 Å². The van der Waals surface area contributed by atoms with Crippen molar-refractivity contribution >= 4 is 46.2 Å². The number of halogens is 1. The number of benzene rings is 2. The molecule has 1 fully saturated rings. The number of amides is 1. The Morgan fingerprint density at radius 1 is 1.05 bits per heavy atom. The zero-order chi connectivity index (χ0) is 30.8. The number of carboxylic acid groups (broad SMARTS) is 1. The summed E-state index contributed by atoms with van der Waals surface area (Å²) in [6, 6.07) is 7.19. The number of nitrogens with zero attached hydrogens (tertiary/aromatic N) is 3. The van der Waals surface area contributed by atoms with Gasteiger partial charge >= 0.3 is 5.97 Å². The molecule has 0 atom stereocenters. The molecule has 234 valence electrons. The normalized spacial score (nSPS) is 15.1. The summed E-state index contributed by atoms with van der Waals surface area (Å²) in [5, 5.41) is 20.6. The lowest BCUT2D eigenvalue weighted by Gasteiger charge is -2.37. The Morgan fingerprint density at radius 3 is 2.28 bits per heavy atom. The van der Waals surface area contributed by atoms with Gasteiger partial charge in [0.15, 0.2) is 5.78 Å². The van der Waals surface area contributed by atoms with E-state index >= 15 is 0 Å². The molecule has 0 aromatic heterocycles. The van der Waals surface area contributed by atoms with Gasteiger partial charge in [-0.05, 0) is 42.2 Å². The largest absolute Gasteiger partial charge is 0.494 e. The van der Waals surface area contributed by atoms with Gasteiger partial charge in [-0.3, -0.25) is 24.7 Å². The van der Waals surface area contributed by atoms with Crippen LogP contribution >= 0.6 is 17.0 Å². The Balaban J connectivity index is 0.00000506. The molecular weight excluding hydrogens is 618 g/mol. The SMILES string of the molecule is Br.CCOc1cc2c(cc1C(=O)NC)C(=N)N(CC(=O)c1cc(N3CCN(CC(=O)O)CC3)c(OC)c(C(C)(C)C)c1)C2. The Bertz CT molecular complexity index is 1400. The van der Waals surface area contributed by atoms with E-state index in [0.717, 1.165) is 16.8 Å². The van der Waals surface area contributed by atoms with E-state index in [4.69, 9.17) is 14.9 Å². The maximum Gasteiger partial charge on any atom is 0.317 e. The highest BCUT2D eigenvalue weighted by Gasteiger charge is 2.32. The molecule has 0 bridgehead atoms. The number of Topliss-reactive ketones (excluding diaryl/α,β-unsaturated/α-hetero) is 1. The minimum Gasteiger partial charge on any atom is -0.494 e. The van der Waals surface area contributed by atoms with Gasteiger partial charge in [0.05, 0.1) is 38.1 Å². The van der Waals surface area contributed by atoms with Crippen molar-refractivity contribution in [1.82, 2.24) is 15.1 Å². The van der Waals surface area contributed by atoms with E-state index in [0.29, 0.717) is 67.5 Å². The Kier molecular flexibility index (Phi) is 10.8. The molecule has 2 heterocycles. The number of hydrogen-bond acceptors (Lipinski definition) is 8. The van der Waals surface area contributed by atoms with Gasteiger partial charge in [-0.25, -0.2) is 0 Å². The van der Waals surface area contributed by atoms with Crippen LogP contribution in [0, 0.1) is 5.41 Å². The van der Waals surface area contributed by atoms with Gasteiger partial charge in [-0.2, -0.15) is 0 Å². The second-order valence-corrected chi connectivity index (χ2v) is 11.6. The number of hydrogen-bond donors (Lipinski definition) is 3. The molecule has 2 aromatic rings. The average Bonchev–Trinajstić information content (AvgIpc) is 3.24. The Hall–Kier alpha value is -3.64. The van der Waals surface area contributed by atoms with Crippen molar-refractivity contribution in [2.75, 3.05) is 64.9 Å². The highest BCUT2D eigenvalue weighted by Crippen LogP contribution is 2.41. The summed E-state index contributed by atoms with van der Waals surface area (Å²) in [6.45, 7) is 11.2. The van der Waals surface area contributed by atoms with Gasteiger partial charge < -0.3 is 29.7 Å². The summed E-state index contributed by atoms with van der Waals surface area (Å²) in [5.41, 5.74) is 3.70. The fraction of sp³-hybridized carbons (Fsp3) is 0.484. The molecule has 2 aliphatic heterocycles. The number of carbonyl (C=O) groups is 3. The van der Waals surface area contributed by atoms with Gasteiger partial charge in [0.25, 0.3) is 5.91 Å². The van der Waals surface area contributed by atoms with E-state index in [2.05, 4.69) is 31.0 Å². The number of carbonyl (C=O) groups excluding carboxylic acids is 2. The second kappa shape index (κ2) is 13.8. The molecule has 0 spiro atoms. The third kappa shape index (κ3) is 7.30. The average molecular weight is 661 g/mol. The zero-order valence-electron chi connectivity index (χ0n) is 25.7. The maximum absolute atomic E-state index is 13.8. The summed E-state index contributed by atoms with van der Waals surface area (Å²) in [6.07, 6.45) is 0. The van der Waals surface area contributed by atoms with Crippen LogP contribution in [0.4, 0.5) is 5.69 Å². The van der Waals surface area contributed by atoms with Crippen LogP contribution in [0.3, 0.4) is 0 Å². The van der Waals surface area contributed by atoms with Crippen molar-refractivity contribution in [3.63, 3.8) is 0 Å². The smallest absolute Gasteiger partial charge is 0.317 e. The summed E-state index contributed by atoms with van der Waals surface area (Å²) >= 11 is 0. The molecule has 2 aliphatic rings. The number of fused-ring (bicyclic) bond motifs is 1. The number of amidine groups is 1. The first-order valence-electron chi connectivity index (χ1n) is 14.2. The number of aliphatic carboxylic acids is 1. The molecule has 1 amide bonds.